The van der Waals surface area contributed by atoms with Crippen LogP contribution in [-0.4, -0.2) is 41.8 Å². The summed E-state index contributed by atoms with van der Waals surface area (Å²) in [5, 5.41) is 0. The van der Waals surface area contributed by atoms with Gasteiger partial charge in [0, 0.05) is 13.1 Å². The quantitative estimate of drug-likeness (QED) is 0.810. The zero-order chi connectivity index (χ0) is 13.5. The Labute approximate surface area is 113 Å². The highest BCUT2D eigenvalue weighted by Gasteiger charge is 2.48. The van der Waals surface area contributed by atoms with Crippen LogP contribution < -0.4 is 0 Å². The summed E-state index contributed by atoms with van der Waals surface area (Å²) in [6.45, 7) is 5.68. The van der Waals surface area contributed by atoms with Crippen molar-refractivity contribution in [2.75, 3.05) is 13.1 Å². The molecular formula is C15H19NO3. The highest BCUT2D eigenvalue weighted by atomic mass is 16.8. The van der Waals surface area contributed by atoms with Crippen molar-refractivity contribution in [2.24, 2.45) is 0 Å². The minimum Gasteiger partial charge on any atom is -0.343 e. The van der Waals surface area contributed by atoms with Crippen molar-refractivity contribution in [3.05, 3.63) is 35.9 Å². The van der Waals surface area contributed by atoms with Gasteiger partial charge in [0.25, 0.3) is 0 Å². The summed E-state index contributed by atoms with van der Waals surface area (Å²) in [6, 6.07) is 10.2. The topological polar surface area (TPSA) is 38.8 Å². The number of Topliss-reactive ketones (excluding diaryl/α,β-unsaturated/α-hetero) is 1. The first-order chi connectivity index (χ1) is 9.03. The average molecular weight is 261 g/mol. The first kappa shape index (κ1) is 12.8. The number of rotatable bonds is 2. The van der Waals surface area contributed by atoms with Crippen LogP contribution in [-0.2, 0) is 20.8 Å². The monoisotopic (exact) mass is 261 g/mol. The van der Waals surface area contributed by atoms with Crippen molar-refractivity contribution < 1.29 is 14.3 Å². The Morgan fingerprint density at radius 3 is 2.74 bits per heavy atom. The third-order valence-corrected chi connectivity index (χ3v) is 3.57. The maximum absolute atomic E-state index is 12.1. The summed E-state index contributed by atoms with van der Waals surface area (Å²) in [5.41, 5.74) is 1.21. The zero-order valence-corrected chi connectivity index (χ0v) is 11.3. The molecule has 2 atom stereocenters. The molecule has 4 heteroatoms. The maximum atomic E-state index is 12.1. The zero-order valence-electron chi connectivity index (χ0n) is 11.3. The lowest BCUT2D eigenvalue weighted by Crippen LogP contribution is -2.51. The van der Waals surface area contributed by atoms with Crippen molar-refractivity contribution in [2.45, 2.75) is 38.4 Å². The first-order valence-electron chi connectivity index (χ1n) is 6.68. The van der Waals surface area contributed by atoms with Gasteiger partial charge in [-0.25, -0.2) is 0 Å². The van der Waals surface area contributed by atoms with Crippen LogP contribution >= 0.6 is 0 Å². The van der Waals surface area contributed by atoms with E-state index in [1.54, 1.807) is 0 Å². The van der Waals surface area contributed by atoms with Crippen molar-refractivity contribution in [3.8, 4) is 0 Å². The van der Waals surface area contributed by atoms with Gasteiger partial charge in [0.05, 0.1) is 6.54 Å². The number of carbonyl (C=O) groups is 1. The van der Waals surface area contributed by atoms with Crippen LogP contribution in [0.1, 0.15) is 19.4 Å². The lowest BCUT2D eigenvalue weighted by molar-refractivity contribution is -0.152. The van der Waals surface area contributed by atoms with Crippen LogP contribution in [0.3, 0.4) is 0 Å². The number of benzene rings is 1. The number of piperidine rings is 1. The fourth-order valence-electron chi connectivity index (χ4n) is 2.83. The van der Waals surface area contributed by atoms with E-state index >= 15 is 0 Å². The van der Waals surface area contributed by atoms with Crippen molar-refractivity contribution in [3.63, 3.8) is 0 Å². The summed E-state index contributed by atoms with van der Waals surface area (Å²) >= 11 is 0. The summed E-state index contributed by atoms with van der Waals surface area (Å²) < 4.78 is 11.5. The number of hydrogen-bond acceptors (Lipinski definition) is 4. The molecule has 2 aliphatic heterocycles. The molecule has 1 aromatic rings. The van der Waals surface area contributed by atoms with Crippen molar-refractivity contribution >= 4 is 5.78 Å². The van der Waals surface area contributed by atoms with Gasteiger partial charge < -0.3 is 9.47 Å². The molecule has 0 saturated carbocycles. The highest BCUT2D eigenvalue weighted by Crippen LogP contribution is 2.31. The number of ether oxygens (including phenoxy) is 2. The van der Waals surface area contributed by atoms with Gasteiger partial charge in [0.15, 0.2) is 11.6 Å². The molecule has 4 nitrogen and oxygen atoms in total. The number of fused-ring (bicyclic) bond motifs is 1. The molecule has 2 saturated heterocycles. The summed E-state index contributed by atoms with van der Waals surface area (Å²) in [5.74, 6) is -0.522. The molecule has 0 radical (unpaired) electrons. The largest absolute Gasteiger partial charge is 0.343 e. The third-order valence-electron chi connectivity index (χ3n) is 3.57. The average Bonchev–Trinajstić information content (AvgIpc) is 2.65. The smallest absolute Gasteiger partial charge is 0.178 e. The Balaban J connectivity index is 1.69. The molecule has 2 fully saturated rings. The normalized spacial score (nSPS) is 30.3. The Bertz CT molecular complexity index is 472. The molecule has 2 heterocycles. The van der Waals surface area contributed by atoms with E-state index in [-0.39, 0.29) is 18.0 Å². The molecule has 0 N–H and O–H groups in total. The van der Waals surface area contributed by atoms with E-state index in [4.69, 9.17) is 9.47 Å². The molecule has 102 valence electrons. The molecule has 0 aliphatic carbocycles. The second-order valence-electron chi connectivity index (χ2n) is 5.72. The SMILES string of the molecule is CC1(C)O[C@@H]2C(=O)CN(Cc3ccccc3)C[C@H]2O1. The lowest BCUT2D eigenvalue weighted by Gasteiger charge is -2.31. The summed E-state index contributed by atoms with van der Waals surface area (Å²) in [6.07, 6.45) is -0.526. The predicted molar refractivity (Wildman–Crippen MR) is 70.6 cm³/mol. The number of ketones is 1. The van der Waals surface area contributed by atoms with Gasteiger partial charge in [-0.15, -0.1) is 0 Å². The van der Waals surface area contributed by atoms with Gasteiger partial charge in [-0.2, -0.15) is 0 Å². The van der Waals surface area contributed by atoms with Crippen LogP contribution in [0.5, 0.6) is 0 Å². The maximum Gasteiger partial charge on any atom is 0.178 e. The molecule has 1 aromatic carbocycles. The molecule has 0 spiro atoms. The van der Waals surface area contributed by atoms with E-state index in [0.29, 0.717) is 6.54 Å². The third kappa shape index (κ3) is 2.71. The van der Waals surface area contributed by atoms with Crippen molar-refractivity contribution in [1.82, 2.24) is 4.90 Å². The number of hydrogen-bond donors (Lipinski definition) is 0. The molecule has 0 amide bonds. The Morgan fingerprint density at radius 1 is 1.26 bits per heavy atom. The highest BCUT2D eigenvalue weighted by molar-refractivity contribution is 5.86. The van der Waals surface area contributed by atoms with Gasteiger partial charge in [-0.3, -0.25) is 9.69 Å². The van der Waals surface area contributed by atoms with E-state index < -0.39 is 5.79 Å². The predicted octanol–water partition coefficient (Wildman–Crippen LogP) is 1.59. The lowest BCUT2D eigenvalue weighted by atomic mass is 10.0. The minimum atomic E-state index is -0.645. The molecular weight excluding hydrogens is 242 g/mol. The molecule has 19 heavy (non-hydrogen) atoms. The number of carbonyl (C=O) groups excluding carboxylic acids is 1. The minimum absolute atomic E-state index is 0.123. The van der Waals surface area contributed by atoms with Gasteiger partial charge in [0.2, 0.25) is 0 Å². The van der Waals surface area contributed by atoms with Gasteiger partial charge in [0.1, 0.15) is 12.2 Å². The van der Waals surface area contributed by atoms with Gasteiger partial charge in [-0.05, 0) is 19.4 Å². The second-order valence-corrected chi connectivity index (χ2v) is 5.72. The van der Waals surface area contributed by atoms with Gasteiger partial charge in [-0.1, -0.05) is 30.3 Å². The molecule has 2 aliphatic rings. The second kappa shape index (κ2) is 4.71. The fourth-order valence-corrected chi connectivity index (χ4v) is 2.83. The molecule has 0 bridgehead atoms. The first-order valence-corrected chi connectivity index (χ1v) is 6.68. The van der Waals surface area contributed by atoms with E-state index in [1.165, 1.54) is 5.56 Å². The number of likely N-dealkylation sites (tertiary alicyclic amines) is 1. The standard InChI is InChI=1S/C15H19NO3/c1-15(2)18-13-10-16(9-12(17)14(13)19-15)8-11-6-4-3-5-7-11/h3-7,13-14H,8-10H2,1-2H3/t13-,14-/m1/s1. The molecule has 3 rings (SSSR count). The molecule has 0 aromatic heterocycles. The Hall–Kier alpha value is -1.23. The van der Waals surface area contributed by atoms with Crippen LogP contribution in [0.4, 0.5) is 0 Å². The van der Waals surface area contributed by atoms with Crippen LogP contribution in [0.25, 0.3) is 0 Å². The van der Waals surface area contributed by atoms with Crippen molar-refractivity contribution in [1.29, 1.82) is 0 Å². The Morgan fingerprint density at radius 2 is 2.00 bits per heavy atom. The Kier molecular flexibility index (Phi) is 3.17. The van der Waals surface area contributed by atoms with Crippen LogP contribution in [0.2, 0.25) is 0 Å². The summed E-state index contributed by atoms with van der Waals surface area (Å²) in [7, 11) is 0. The van der Waals surface area contributed by atoms with Crippen LogP contribution in [0, 0.1) is 0 Å². The molecule has 0 unspecified atom stereocenters. The summed E-state index contributed by atoms with van der Waals surface area (Å²) in [4.78, 5) is 14.2. The van der Waals surface area contributed by atoms with Gasteiger partial charge >= 0.3 is 0 Å². The fraction of sp³-hybridized carbons (Fsp3) is 0.533. The van der Waals surface area contributed by atoms with E-state index in [2.05, 4.69) is 17.0 Å². The van der Waals surface area contributed by atoms with Crippen LogP contribution in [0.15, 0.2) is 30.3 Å². The van der Waals surface area contributed by atoms with E-state index in [1.807, 2.05) is 32.0 Å². The number of nitrogens with zero attached hydrogens (tertiary/aromatic N) is 1. The van der Waals surface area contributed by atoms with E-state index in [9.17, 15) is 4.79 Å². The van der Waals surface area contributed by atoms with E-state index in [0.717, 1.165) is 13.1 Å².